The van der Waals surface area contributed by atoms with Gasteiger partial charge in [0.15, 0.2) is 5.82 Å². The van der Waals surface area contributed by atoms with Crippen LogP contribution in [0.3, 0.4) is 0 Å². The number of aromatic nitrogens is 3. The number of halogens is 2. The van der Waals surface area contributed by atoms with Crippen molar-refractivity contribution in [1.82, 2.24) is 14.8 Å². The quantitative estimate of drug-likeness (QED) is 0.870. The first-order valence-corrected chi connectivity index (χ1v) is 5.05. The zero-order valence-electron chi connectivity index (χ0n) is 8.61. The molecule has 4 nitrogen and oxygen atoms in total. The summed E-state index contributed by atoms with van der Waals surface area (Å²) in [5, 5.41) is 8.05. The first-order valence-electron chi connectivity index (χ1n) is 4.68. The summed E-state index contributed by atoms with van der Waals surface area (Å²) in [5.41, 5.74) is 5.72. The zero-order chi connectivity index (χ0) is 11.7. The Morgan fingerprint density at radius 3 is 2.75 bits per heavy atom. The lowest BCUT2D eigenvalue weighted by Gasteiger charge is -2.05. The van der Waals surface area contributed by atoms with E-state index in [4.69, 9.17) is 17.3 Å². The standard InChI is InChI=1S/C10H10ClFN4/c1-16-8(5-13)14-15-10(16)9-6(11)3-2-4-7(9)12/h2-4H,5,13H2,1H3. The molecule has 0 fully saturated rings. The fraction of sp³-hybridized carbons (Fsp3) is 0.200. The van der Waals surface area contributed by atoms with Crippen LogP contribution in [0.5, 0.6) is 0 Å². The van der Waals surface area contributed by atoms with E-state index in [1.807, 2.05) is 0 Å². The highest BCUT2D eigenvalue weighted by Crippen LogP contribution is 2.28. The van der Waals surface area contributed by atoms with Gasteiger partial charge in [0, 0.05) is 7.05 Å². The molecule has 16 heavy (non-hydrogen) atoms. The van der Waals surface area contributed by atoms with Crippen LogP contribution in [0.1, 0.15) is 5.82 Å². The Morgan fingerprint density at radius 1 is 1.44 bits per heavy atom. The first-order chi connectivity index (χ1) is 7.65. The highest BCUT2D eigenvalue weighted by molar-refractivity contribution is 6.33. The molecule has 2 rings (SSSR count). The van der Waals surface area contributed by atoms with E-state index in [1.54, 1.807) is 23.7 Å². The third kappa shape index (κ3) is 1.68. The predicted octanol–water partition coefficient (Wildman–Crippen LogP) is 1.73. The molecule has 6 heteroatoms. The fourth-order valence-electron chi connectivity index (χ4n) is 1.47. The van der Waals surface area contributed by atoms with Gasteiger partial charge < -0.3 is 10.3 Å². The Kier molecular flexibility index (Phi) is 2.89. The number of hydrogen-bond donors (Lipinski definition) is 1. The third-order valence-corrected chi connectivity index (χ3v) is 2.65. The van der Waals surface area contributed by atoms with Gasteiger partial charge in [-0.3, -0.25) is 0 Å². The van der Waals surface area contributed by atoms with Crippen molar-refractivity contribution in [2.45, 2.75) is 6.54 Å². The maximum absolute atomic E-state index is 13.6. The molecule has 1 aromatic carbocycles. The summed E-state index contributed by atoms with van der Waals surface area (Å²) in [4.78, 5) is 0. The van der Waals surface area contributed by atoms with Crippen LogP contribution in [0.25, 0.3) is 11.4 Å². The fourth-order valence-corrected chi connectivity index (χ4v) is 1.72. The molecule has 0 aliphatic carbocycles. The minimum atomic E-state index is -0.424. The van der Waals surface area contributed by atoms with E-state index in [-0.39, 0.29) is 12.1 Å². The molecule has 0 saturated carbocycles. The van der Waals surface area contributed by atoms with Gasteiger partial charge in [-0.2, -0.15) is 0 Å². The van der Waals surface area contributed by atoms with E-state index in [0.29, 0.717) is 16.7 Å². The van der Waals surface area contributed by atoms with Gasteiger partial charge >= 0.3 is 0 Å². The normalized spacial score (nSPS) is 10.8. The van der Waals surface area contributed by atoms with Crippen molar-refractivity contribution in [3.63, 3.8) is 0 Å². The Morgan fingerprint density at radius 2 is 2.19 bits per heavy atom. The van der Waals surface area contributed by atoms with Gasteiger partial charge in [0.25, 0.3) is 0 Å². The Balaban J connectivity index is 2.63. The zero-order valence-corrected chi connectivity index (χ0v) is 9.37. The largest absolute Gasteiger partial charge is 0.324 e. The van der Waals surface area contributed by atoms with E-state index in [9.17, 15) is 4.39 Å². The lowest BCUT2D eigenvalue weighted by molar-refractivity contribution is 0.628. The van der Waals surface area contributed by atoms with E-state index in [1.165, 1.54) is 6.07 Å². The Bertz CT molecular complexity index is 503. The summed E-state index contributed by atoms with van der Waals surface area (Å²) in [5.74, 6) is 0.532. The van der Waals surface area contributed by atoms with Crippen LogP contribution in [0.15, 0.2) is 18.2 Å². The van der Waals surface area contributed by atoms with Crippen LogP contribution in [0.2, 0.25) is 5.02 Å². The van der Waals surface area contributed by atoms with E-state index in [2.05, 4.69) is 10.2 Å². The van der Waals surface area contributed by atoms with Crippen molar-refractivity contribution in [3.05, 3.63) is 34.9 Å². The van der Waals surface area contributed by atoms with Crippen molar-refractivity contribution in [2.24, 2.45) is 12.8 Å². The van der Waals surface area contributed by atoms with Crippen molar-refractivity contribution >= 4 is 11.6 Å². The van der Waals surface area contributed by atoms with Crippen molar-refractivity contribution in [3.8, 4) is 11.4 Å². The smallest absolute Gasteiger partial charge is 0.168 e. The average molecular weight is 241 g/mol. The SMILES string of the molecule is Cn1c(CN)nnc1-c1c(F)cccc1Cl. The number of nitrogens with two attached hydrogens (primary N) is 1. The number of benzene rings is 1. The van der Waals surface area contributed by atoms with Crippen LogP contribution in [0, 0.1) is 5.82 Å². The molecule has 2 aromatic rings. The molecule has 0 unspecified atom stereocenters. The maximum atomic E-state index is 13.6. The minimum absolute atomic E-state index is 0.246. The number of rotatable bonds is 2. The minimum Gasteiger partial charge on any atom is -0.324 e. The Hall–Kier alpha value is -1.46. The van der Waals surface area contributed by atoms with Crippen molar-refractivity contribution in [1.29, 1.82) is 0 Å². The molecule has 0 radical (unpaired) electrons. The van der Waals surface area contributed by atoms with Gasteiger partial charge in [-0.05, 0) is 12.1 Å². The van der Waals surface area contributed by atoms with Gasteiger partial charge in [-0.25, -0.2) is 4.39 Å². The molecule has 0 atom stereocenters. The second-order valence-corrected chi connectivity index (χ2v) is 3.71. The molecule has 84 valence electrons. The predicted molar refractivity (Wildman–Crippen MR) is 59.3 cm³/mol. The molecule has 1 aromatic heterocycles. The summed E-state index contributed by atoms with van der Waals surface area (Å²) in [6, 6.07) is 4.48. The Labute approximate surface area is 96.9 Å². The van der Waals surface area contributed by atoms with Crippen LogP contribution in [0.4, 0.5) is 4.39 Å². The van der Waals surface area contributed by atoms with Gasteiger partial charge in [-0.15, -0.1) is 10.2 Å². The van der Waals surface area contributed by atoms with Gasteiger partial charge in [0.2, 0.25) is 0 Å². The summed E-state index contributed by atoms with van der Waals surface area (Å²) >= 11 is 5.94. The summed E-state index contributed by atoms with van der Waals surface area (Å²) in [7, 11) is 1.72. The molecular weight excluding hydrogens is 231 g/mol. The molecule has 0 bridgehead atoms. The number of hydrogen-bond acceptors (Lipinski definition) is 3. The monoisotopic (exact) mass is 240 g/mol. The van der Waals surface area contributed by atoms with Crippen LogP contribution < -0.4 is 5.73 Å². The summed E-state index contributed by atoms with van der Waals surface area (Å²) in [6.45, 7) is 0.246. The van der Waals surface area contributed by atoms with Gasteiger partial charge in [0.05, 0.1) is 17.1 Å². The van der Waals surface area contributed by atoms with Crippen LogP contribution >= 0.6 is 11.6 Å². The average Bonchev–Trinajstić information content (AvgIpc) is 2.60. The van der Waals surface area contributed by atoms with E-state index < -0.39 is 5.82 Å². The van der Waals surface area contributed by atoms with Crippen molar-refractivity contribution in [2.75, 3.05) is 0 Å². The molecule has 0 aliphatic heterocycles. The molecule has 0 aliphatic rings. The molecule has 0 spiro atoms. The second-order valence-electron chi connectivity index (χ2n) is 3.30. The van der Waals surface area contributed by atoms with E-state index >= 15 is 0 Å². The van der Waals surface area contributed by atoms with Crippen LogP contribution in [-0.2, 0) is 13.6 Å². The highest BCUT2D eigenvalue weighted by atomic mass is 35.5. The van der Waals surface area contributed by atoms with Crippen molar-refractivity contribution < 1.29 is 4.39 Å². The molecule has 0 saturated heterocycles. The molecular formula is C10H10ClFN4. The third-order valence-electron chi connectivity index (χ3n) is 2.33. The van der Waals surface area contributed by atoms with Gasteiger partial charge in [0.1, 0.15) is 11.6 Å². The highest BCUT2D eigenvalue weighted by Gasteiger charge is 2.16. The topological polar surface area (TPSA) is 56.7 Å². The second kappa shape index (κ2) is 4.19. The molecule has 1 heterocycles. The van der Waals surface area contributed by atoms with Gasteiger partial charge in [-0.1, -0.05) is 17.7 Å². The molecule has 2 N–H and O–H groups in total. The first kappa shape index (κ1) is 11.0. The lowest BCUT2D eigenvalue weighted by Crippen LogP contribution is -2.06. The maximum Gasteiger partial charge on any atom is 0.168 e. The summed E-state index contributed by atoms with van der Waals surface area (Å²) < 4.78 is 15.3. The van der Waals surface area contributed by atoms with E-state index in [0.717, 1.165) is 0 Å². The lowest BCUT2D eigenvalue weighted by atomic mass is 10.2. The van der Waals surface area contributed by atoms with Crippen LogP contribution in [-0.4, -0.2) is 14.8 Å². The number of nitrogens with zero attached hydrogens (tertiary/aromatic N) is 3. The summed E-state index contributed by atoms with van der Waals surface area (Å²) in [6.07, 6.45) is 0. The molecule has 0 amide bonds.